The van der Waals surface area contributed by atoms with Gasteiger partial charge in [0, 0.05) is 23.3 Å². The maximum absolute atomic E-state index is 11.0. The molecule has 0 amide bonds. The van der Waals surface area contributed by atoms with Crippen molar-refractivity contribution < 1.29 is 28.7 Å². The van der Waals surface area contributed by atoms with Crippen LogP contribution in [0.1, 0.15) is 22.5 Å². The van der Waals surface area contributed by atoms with Gasteiger partial charge in [0.25, 0.3) is 0 Å². The fraction of sp³-hybridized carbons (Fsp3) is 0.138. The van der Waals surface area contributed by atoms with Crippen LogP contribution in [0.25, 0.3) is 17.3 Å². The van der Waals surface area contributed by atoms with Crippen LogP contribution in [0.5, 0.6) is 11.5 Å². The molecule has 4 aromatic rings. The number of oxime groups is 1. The van der Waals surface area contributed by atoms with Crippen molar-refractivity contribution in [3.63, 3.8) is 0 Å². The van der Waals surface area contributed by atoms with E-state index >= 15 is 0 Å². The number of aryl methyl sites for hydroxylation is 1. The van der Waals surface area contributed by atoms with Crippen molar-refractivity contribution >= 4 is 17.8 Å². The molecule has 188 valence electrons. The van der Waals surface area contributed by atoms with Crippen LogP contribution in [0.15, 0.2) is 94.6 Å². The molecule has 0 saturated carbocycles. The van der Waals surface area contributed by atoms with Crippen molar-refractivity contribution in [1.82, 2.24) is 5.16 Å². The highest BCUT2D eigenvalue weighted by molar-refractivity contribution is 6.01. The Kier molecular flexibility index (Phi) is 8.33. The molecule has 0 fully saturated rings. The number of hydrogen-bond donors (Lipinski definition) is 1. The van der Waals surface area contributed by atoms with E-state index in [0.29, 0.717) is 46.4 Å². The van der Waals surface area contributed by atoms with Gasteiger partial charge < -0.3 is 23.9 Å². The number of hydrogen-bond acceptors (Lipinski definition) is 7. The van der Waals surface area contributed by atoms with Crippen molar-refractivity contribution in [1.29, 1.82) is 0 Å². The Morgan fingerprint density at radius 2 is 1.76 bits per heavy atom. The Balaban J connectivity index is 1.41. The van der Waals surface area contributed by atoms with Gasteiger partial charge in [0.2, 0.25) is 0 Å². The minimum atomic E-state index is -1.03. The molecule has 0 radical (unpaired) electrons. The third-order valence-corrected chi connectivity index (χ3v) is 5.35. The normalized spacial score (nSPS) is 11.5. The number of nitrogens with zero attached hydrogens (tertiary/aromatic N) is 2. The number of ether oxygens (including phenoxy) is 2. The molecule has 1 N–H and O–H groups in total. The summed E-state index contributed by atoms with van der Waals surface area (Å²) in [6.45, 7) is 2.40. The Hall–Kier alpha value is -4.85. The zero-order valence-electron chi connectivity index (χ0n) is 20.5. The van der Waals surface area contributed by atoms with E-state index in [2.05, 4.69) is 10.3 Å². The Labute approximate surface area is 214 Å². The van der Waals surface area contributed by atoms with E-state index in [4.69, 9.17) is 23.9 Å². The number of aromatic nitrogens is 1. The molecule has 3 aromatic carbocycles. The van der Waals surface area contributed by atoms with Crippen molar-refractivity contribution in [2.75, 3.05) is 13.7 Å². The predicted molar refractivity (Wildman–Crippen MR) is 140 cm³/mol. The van der Waals surface area contributed by atoms with E-state index in [0.717, 1.165) is 17.2 Å². The summed E-state index contributed by atoms with van der Waals surface area (Å²) < 4.78 is 17.1. The quantitative estimate of drug-likeness (QED) is 0.159. The Morgan fingerprint density at radius 3 is 2.43 bits per heavy atom. The van der Waals surface area contributed by atoms with Crippen molar-refractivity contribution in [3.8, 4) is 22.8 Å². The average Bonchev–Trinajstić information content (AvgIpc) is 3.36. The second-order valence-corrected chi connectivity index (χ2v) is 8.05. The standard InChI is InChI=1S/C29H26N2O6/c1-20-16-27(31-37-20)26-17-25(14-10-22(26)11-15-29(32)33)35-18-21-8-12-24(13-9-21)36-19-28(30-34-2)23-6-4-3-5-7-23/h3-17H,18-19H2,1-2H3,(H,32,33)/b15-11-,30-28?. The zero-order valence-corrected chi connectivity index (χ0v) is 20.5. The van der Waals surface area contributed by atoms with Crippen LogP contribution in [0.2, 0.25) is 0 Å². The highest BCUT2D eigenvalue weighted by Gasteiger charge is 2.11. The third kappa shape index (κ3) is 7.08. The summed E-state index contributed by atoms with van der Waals surface area (Å²) in [5.74, 6) is 0.937. The summed E-state index contributed by atoms with van der Waals surface area (Å²) in [5.41, 5.74) is 4.57. The fourth-order valence-corrected chi connectivity index (χ4v) is 3.55. The molecule has 0 bridgehead atoms. The summed E-state index contributed by atoms with van der Waals surface area (Å²) in [4.78, 5) is 15.9. The number of benzene rings is 3. The first-order valence-corrected chi connectivity index (χ1v) is 11.5. The van der Waals surface area contributed by atoms with E-state index in [1.54, 1.807) is 25.1 Å². The molecule has 4 rings (SSSR count). The molecule has 0 saturated heterocycles. The van der Waals surface area contributed by atoms with Gasteiger partial charge in [-0.15, -0.1) is 0 Å². The monoisotopic (exact) mass is 498 g/mol. The molecular weight excluding hydrogens is 472 g/mol. The van der Waals surface area contributed by atoms with E-state index in [-0.39, 0.29) is 6.61 Å². The fourth-order valence-electron chi connectivity index (χ4n) is 3.55. The van der Waals surface area contributed by atoms with Gasteiger partial charge in [-0.2, -0.15) is 0 Å². The number of carbonyl (C=O) groups is 1. The van der Waals surface area contributed by atoms with Gasteiger partial charge in [0.15, 0.2) is 0 Å². The van der Waals surface area contributed by atoms with E-state index in [1.807, 2.05) is 60.7 Å². The molecule has 0 aliphatic rings. The van der Waals surface area contributed by atoms with Crippen LogP contribution in [0, 0.1) is 6.92 Å². The van der Waals surface area contributed by atoms with Gasteiger partial charge in [-0.3, -0.25) is 0 Å². The zero-order chi connectivity index (χ0) is 26.0. The van der Waals surface area contributed by atoms with E-state index in [9.17, 15) is 4.79 Å². The number of rotatable bonds is 11. The minimum Gasteiger partial charge on any atom is -0.489 e. The smallest absolute Gasteiger partial charge is 0.328 e. The molecule has 0 atom stereocenters. The first-order valence-electron chi connectivity index (χ1n) is 11.5. The summed E-state index contributed by atoms with van der Waals surface area (Å²) >= 11 is 0. The SMILES string of the molecule is CON=C(COc1ccc(COc2ccc(/C=C\C(=O)O)c(-c3cc(C)on3)c2)cc1)c1ccccc1. The molecule has 0 spiro atoms. The van der Waals surface area contributed by atoms with E-state index in [1.165, 1.54) is 13.2 Å². The Bertz CT molecular complexity index is 1390. The topological polar surface area (TPSA) is 103 Å². The summed E-state index contributed by atoms with van der Waals surface area (Å²) in [6, 6.07) is 24.5. The van der Waals surface area contributed by atoms with Gasteiger partial charge in [0.1, 0.15) is 49.0 Å². The predicted octanol–water partition coefficient (Wildman–Crippen LogP) is 5.76. The molecule has 37 heavy (non-hydrogen) atoms. The van der Waals surface area contributed by atoms with Crippen LogP contribution >= 0.6 is 0 Å². The highest BCUT2D eigenvalue weighted by Crippen LogP contribution is 2.29. The van der Waals surface area contributed by atoms with Gasteiger partial charge in [-0.25, -0.2) is 4.79 Å². The summed E-state index contributed by atoms with van der Waals surface area (Å²) in [5, 5.41) is 17.1. The van der Waals surface area contributed by atoms with Gasteiger partial charge >= 0.3 is 5.97 Å². The molecule has 0 aliphatic carbocycles. The van der Waals surface area contributed by atoms with Crippen molar-refractivity contribution in [2.24, 2.45) is 5.16 Å². The van der Waals surface area contributed by atoms with Crippen molar-refractivity contribution in [3.05, 3.63) is 107 Å². The lowest BCUT2D eigenvalue weighted by molar-refractivity contribution is -0.131. The van der Waals surface area contributed by atoms with Crippen LogP contribution in [0.3, 0.4) is 0 Å². The highest BCUT2D eigenvalue weighted by atomic mass is 16.6. The van der Waals surface area contributed by atoms with Gasteiger partial charge in [-0.05, 0) is 48.4 Å². The number of carboxylic acid groups (broad SMARTS) is 1. The summed E-state index contributed by atoms with van der Waals surface area (Å²) in [7, 11) is 1.51. The van der Waals surface area contributed by atoms with Crippen LogP contribution in [0.4, 0.5) is 0 Å². The lowest BCUT2D eigenvalue weighted by Crippen LogP contribution is -2.13. The molecule has 0 unspecified atom stereocenters. The van der Waals surface area contributed by atoms with Crippen LogP contribution in [-0.4, -0.2) is 35.7 Å². The van der Waals surface area contributed by atoms with Gasteiger partial charge in [-0.1, -0.05) is 58.8 Å². The number of aliphatic carboxylic acids is 1. The van der Waals surface area contributed by atoms with Crippen molar-refractivity contribution in [2.45, 2.75) is 13.5 Å². The minimum absolute atomic E-state index is 0.265. The lowest BCUT2D eigenvalue weighted by atomic mass is 10.0. The molecule has 1 heterocycles. The molecule has 8 nitrogen and oxygen atoms in total. The average molecular weight is 499 g/mol. The molecule has 0 aliphatic heterocycles. The molecular formula is C29H26N2O6. The Morgan fingerprint density at radius 1 is 1.00 bits per heavy atom. The van der Waals surface area contributed by atoms with Crippen LogP contribution in [-0.2, 0) is 16.2 Å². The third-order valence-electron chi connectivity index (χ3n) is 5.35. The molecule has 8 heteroatoms. The maximum atomic E-state index is 11.0. The van der Waals surface area contributed by atoms with Gasteiger partial charge in [0.05, 0.1) is 0 Å². The first kappa shape index (κ1) is 25.2. The van der Waals surface area contributed by atoms with Crippen LogP contribution < -0.4 is 9.47 Å². The largest absolute Gasteiger partial charge is 0.489 e. The molecule has 1 aromatic heterocycles. The first-order chi connectivity index (χ1) is 18.0. The maximum Gasteiger partial charge on any atom is 0.328 e. The number of carboxylic acids is 1. The summed E-state index contributed by atoms with van der Waals surface area (Å²) in [6.07, 6.45) is 2.60. The second-order valence-electron chi connectivity index (χ2n) is 8.05. The second kappa shape index (κ2) is 12.2. The van der Waals surface area contributed by atoms with E-state index < -0.39 is 5.97 Å². The lowest BCUT2D eigenvalue weighted by Gasteiger charge is -2.11.